The summed E-state index contributed by atoms with van der Waals surface area (Å²) in [5.74, 6) is 0. The largest absolute Gasteiger partial charge is 0.377 e. The fourth-order valence-electron chi connectivity index (χ4n) is 2.48. The minimum absolute atomic E-state index is 0.440. The molecule has 0 aliphatic carbocycles. The van der Waals surface area contributed by atoms with Crippen molar-refractivity contribution in [2.45, 2.75) is 32.4 Å². The van der Waals surface area contributed by atoms with Gasteiger partial charge in [0.1, 0.15) is 0 Å². The van der Waals surface area contributed by atoms with Crippen molar-refractivity contribution in [3.63, 3.8) is 0 Å². The van der Waals surface area contributed by atoms with Crippen LogP contribution in [0.25, 0.3) is 0 Å². The smallest absolute Gasteiger partial charge is 0.0931 e. The van der Waals surface area contributed by atoms with E-state index in [1.165, 1.54) is 24.3 Å². The Morgan fingerprint density at radius 1 is 1.53 bits per heavy atom. The molecule has 1 saturated heterocycles. The van der Waals surface area contributed by atoms with Crippen LogP contribution in [-0.4, -0.2) is 43.8 Å². The molecule has 0 saturated carbocycles. The van der Waals surface area contributed by atoms with Crippen molar-refractivity contribution >= 4 is 22.9 Å². The molecule has 1 atom stereocenters. The molecule has 1 unspecified atom stereocenters. The van der Waals surface area contributed by atoms with Gasteiger partial charge in [-0.2, -0.15) is 0 Å². The Morgan fingerprint density at radius 2 is 2.42 bits per heavy atom. The van der Waals surface area contributed by atoms with Gasteiger partial charge in [0.05, 0.1) is 10.4 Å². The van der Waals surface area contributed by atoms with Crippen molar-refractivity contribution < 1.29 is 4.74 Å². The number of halogens is 1. The van der Waals surface area contributed by atoms with E-state index in [9.17, 15) is 0 Å². The van der Waals surface area contributed by atoms with Gasteiger partial charge in [0.15, 0.2) is 0 Å². The summed E-state index contributed by atoms with van der Waals surface area (Å²) in [7, 11) is 0. The first-order chi connectivity index (χ1) is 9.28. The SMILES string of the molecule is CCOC1CCCN(CCNCc2ccc(Cl)s2)C1. The first-order valence-corrected chi connectivity index (χ1v) is 8.26. The Kier molecular flexibility index (Phi) is 6.61. The summed E-state index contributed by atoms with van der Waals surface area (Å²) in [5, 5.41) is 3.48. The van der Waals surface area contributed by atoms with E-state index < -0.39 is 0 Å². The quantitative estimate of drug-likeness (QED) is 0.784. The van der Waals surface area contributed by atoms with Crippen LogP contribution in [0.2, 0.25) is 4.34 Å². The lowest BCUT2D eigenvalue weighted by molar-refractivity contribution is 0.00635. The fourth-order valence-corrected chi connectivity index (χ4v) is 3.54. The molecule has 1 fully saturated rings. The molecule has 0 bridgehead atoms. The van der Waals surface area contributed by atoms with E-state index >= 15 is 0 Å². The maximum atomic E-state index is 5.91. The third-order valence-corrected chi connectivity index (χ3v) is 4.63. The van der Waals surface area contributed by atoms with Crippen LogP contribution >= 0.6 is 22.9 Å². The van der Waals surface area contributed by atoms with E-state index in [1.54, 1.807) is 11.3 Å². The van der Waals surface area contributed by atoms with Gasteiger partial charge in [0, 0.05) is 37.7 Å². The maximum absolute atomic E-state index is 5.91. The van der Waals surface area contributed by atoms with Crippen molar-refractivity contribution in [1.29, 1.82) is 0 Å². The van der Waals surface area contributed by atoms with E-state index in [1.807, 2.05) is 6.07 Å². The van der Waals surface area contributed by atoms with Crippen LogP contribution in [0.3, 0.4) is 0 Å². The van der Waals surface area contributed by atoms with Crippen molar-refractivity contribution in [3.05, 3.63) is 21.3 Å². The third-order valence-electron chi connectivity index (χ3n) is 3.40. The normalized spacial score (nSPS) is 20.8. The molecule has 2 rings (SSSR count). The lowest BCUT2D eigenvalue weighted by atomic mass is 10.1. The van der Waals surface area contributed by atoms with Gasteiger partial charge in [0.25, 0.3) is 0 Å². The molecule has 0 radical (unpaired) electrons. The summed E-state index contributed by atoms with van der Waals surface area (Å²) in [5.41, 5.74) is 0. The van der Waals surface area contributed by atoms with Gasteiger partial charge in [-0.25, -0.2) is 0 Å². The monoisotopic (exact) mass is 302 g/mol. The minimum atomic E-state index is 0.440. The highest BCUT2D eigenvalue weighted by molar-refractivity contribution is 7.16. The molecule has 2 heterocycles. The van der Waals surface area contributed by atoms with Crippen LogP contribution in [0.1, 0.15) is 24.6 Å². The van der Waals surface area contributed by atoms with E-state index in [2.05, 4.69) is 23.2 Å². The van der Waals surface area contributed by atoms with Gasteiger partial charge in [-0.15, -0.1) is 11.3 Å². The van der Waals surface area contributed by atoms with Crippen LogP contribution < -0.4 is 5.32 Å². The maximum Gasteiger partial charge on any atom is 0.0931 e. The van der Waals surface area contributed by atoms with Gasteiger partial charge in [-0.1, -0.05) is 11.6 Å². The molecule has 0 aromatic carbocycles. The molecule has 1 aromatic rings. The van der Waals surface area contributed by atoms with Crippen LogP contribution in [0.4, 0.5) is 0 Å². The predicted octanol–water partition coefficient (Wildman–Crippen LogP) is 2.99. The summed E-state index contributed by atoms with van der Waals surface area (Å²) >= 11 is 7.56. The van der Waals surface area contributed by atoms with Gasteiger partial charge < -0.3 is 10.1 Å². The summed E-state index contributed by atoms with van der Waals surface area (Å²) in [6.07, 6.45) is 2.91. The molecule has 108 valence electrons. The number of thiophene rings is 1. The number of ether oxygens (including phenoxy) is 1. The lowest BCUT2D eigenvalue weighted by Crippen LogP contribution is -2.42. The molecule has 1 aromatic heterocycles. The van der Waals surface area contributed by atoms with Crippen molar-refractivity contribution in [3.8, 4) is 0 Å². The number of nitrogens with one attached hydrogen (secondary N) is 1. The van der Waals surface area contributed by atoms with E-state index in [-0.39, 0.29) is 0 Å². The number of nitrogens with zero attached hydrogens (tertiary/aromatic N) is 1. The number of likely N-dealkylation sites (tertiary alicyclic amines) is 1. The fraction of sp³-hybridized carbons (Fsp3) is 0.714. The molecular weight excluding hydrogens is 280 g/mol. The highest BCUT2D eigenvalue weighted by atomic mass is 35.5. The zero-order chi connectivity index (χ0) is 13.5. The Bertz CT molecular complexity index is 370. The first-order valence-electron chi connectivity index (χ1n) is 7.07. The zero-order valence-electron chi connectivity index (χ0n) is 11.5. The number of rotatable bonds is 7. The molecule has 19 heavy (non-hydrogen) atoms. The number of piperidine rings is 1. The van der Waals surface area contributed by atoms with E-state index in [4.69, 9.17) is 16.3 Å². The Labute approximate surface area is 124 Å². The Hall–Kier alpha value is -0.130. The molecule has 5 heteroatoms. The third kappa shape index (κ3) is 5.40. The second-order valence-electron chi connectivity index (χ2n) is 4.90. The standard InChI is InChI=1S/C14H23ClN2OS/c1-2-18-12-4-3-8-17(11-12)9-7-16-10-13-5-6-14(15)19-13/h5-6,12,16H,2-4,7-11H2,1H3. The molecular formula is C14H23ClN2OS. The number of hydrogen-bond acceptors (Lipinski definition) is 4. The van der Waals surface area contributed by atoms with Crippen LogP contribution in [-0.2, 0) is 11.3 Å². The van der Waals surface area contributed by atoms with Crippen molar-refractivity contribution in [2.75, 3.05) is 32.8 Å². The van der Waals surface area contributed by atoms with Crippen LogP contribution in [0.15, 0.2) is 12.1 Å². The van der Waals surface area contributed by atoms with Gasteiger partial charge >= 0.3 is 0 Å². The molecule has 1 aliphatic heterocycles. The van der Waals surface area contributed by atoms with Gasteiger partial charge in [-0.3, -0.25) is 4.90 Å². The van der Waals surface area contributed by atoms with Gasteiger partial charge in [0.2, 0.25) is 0 Å². The zero-order valence-corrected chi connectivity index (χ0v) is 13.1. The first kappa shape index (κ1) is 15.3. The molecule has 0 amide bonds. The Balaban J connectivity index is 1.60. The molecule has 1 N–H and O–H groups in total. The topological polar surface area (TPSA) is 24.5 Å². The highest BCUT2D eigenvalue weighted by Gasteiger charge is 2.19. The van der Waals surface area contributed by atoms with Crippen LogP contribution in [0, 0.1) is 0 Å². The van der Waals surface area contributed by atoms with Crippen molar-refractivity contribution in [1.82, 2.24) is 10.2 Å². The number of hydrogen-bond donors (Lipinski definition) is 1. The minimum Gasteiger partial charge on any atom is -0.377 e. The van der Waals surface area contributed by atoms with E-state index in [0.29, 0.717) is 6.10 Å². The second kappa shape index (κ2) is 8.22. The Morgan fingerprint density at radius 3 is 3.16 bits per heavy atom. The predicted molar refractivity (Wildman–Crippen MR) is 82.1 cm³/mol. The second-order valence-corrected chi connectivity index (χ2v) is 6.70. The van der Waals surface area contributed by atoms with Crippen molar-refractivity contribution in [2.24, 2.45) is 0 Å². The summed E-state index contributed by atoms with van der Waals surface area (Å²) in [4.78, 5) is 3.80. The molecule has 0 spiro atoms. The molecule has 1 aliphatic rings. The lowest BCUT2D eigenvalue weighted by Gasteiger charge is -2.32. The summed E-state index contributed by atoms with van der Waals surface area (Å²) in [6, 6.07) is 4.05. The summed E-state index contributed by atoms with van der Waals surface area (Å²) in [6.45, 7) is 8.23. The average Bonchev–Trinajstić information content (AvgIpc) is 2.82. The molecule has 3 nitrogen and oxygen atoms in total. The average molecular weight is 303 g/mol. The summed E-state index contributed by atoms with van der Waals surface area (Å²) < 4.78 is 6.58. The highest BCUT2D eigenvalue weighted by Crippen LogP contribution is 2.20. The van der Waals surface area contributed by atoms with Gasteiger partial charge in [-0.05, 0) is 38.4 Å². The van der Waals surface area contributed by atoms with Crippen LogP contribution in [0.5, 0.6) is 0 Å². The van der Waals surface area contributed by atoms with E-state index in [0.717, 1.165) is 37.1 Å².